The van der Waals surface area contributed by atoms with Gasteiger partial charge in [-0.05, 0) is 32.9 Å². The fourth-order valence-corrected chi connectivity index (χ4v) is 1.79. The van der Waals surface area contributed by atoms with Crippen molar-refractivity contribution in [1.29, 1.82) is 0 Å². The van der Waals surface area contributed by atoms with Crippen molar-refractivity contribution in [3.8, 4) is 11.5 Å². The van der Waals surface area contributed by atoms with Crippen LogP contribution < -0.4 is 9.47 Å². The Morgan fingerprint density at radius 2 is 1.62 bits per heavy atom. The van der Waals surface area contributed by atoms with Gasteiger partial charge in [0.25, 0.3) is 0 Å². The third-order valence-electron chi connectivity index (χ3n) is 2.69. The molecule has 118 valence electrons. The van der Waals surface area contributed by atoms with E-state index in [0.717, 1.165) is 0 Å². The molecule has 0 aromatic heterocycles. The predicted octanol–water partition coefficient (Wildman–Crippen LogP) is 3.28. The molecule has 21 heavy (non-hydrogen) atoms. The molecular formula is C14H17F3O4. The number of alkyl halides is 3. The average molecular weight is 306 g/mol. The van der Waals surface area contributed by atoms with Gasteiger partial charge < -0.3 is 14.6 Å². The van der Waals surface area contributed by atoms with Gasteiger partial charge in [-0.1, -0.05) is 0 Å². The second-order valence-electron chi connectivity index (χ2n) is 4.25. The molecule has 1 rings (SSSR count). The lowest BCUT2D eigenvalue weighted by atomic mass is 10.0. The van der Waals surface area contributed by atoms with Crippen LogP contribution in [-0.2, 0) is 0 Å². The summed E-state index contributed by atoms with van der Waals surface area (Å²) in [6, 6.07) is 2.36. The summed E-state index contributed by atoms with van der Waals surface area (Å²) in [7, 11) is 0. The van der Waals surface area contributed by atoms with E-state index in [-0.39, 0.29) is 36.1 Å². The Bertz CT molecular complexity index is 484. The lowest BCUT2D eigenvalue weighted by Crippen LogP contribution is -2.22. The monoisotopic (exact) mass is 306 g/mol. The number of rotatable bonds is 6. The highest BCUT2D eigenvalue weighted by molar-refractivity contribution is 5.95. The fraction of sp³-hybridized carbons (Fsp3) is 0.500. The molecule has 0 amide bonds. The second kappa shape index (κ2) is 6.80. The minimum absolute atomic E-state index is 0.0878. The number of aliphatic hydroxyl groups is 1. The third kappa shape index (κ3) is 4.10. The molecule has 0 spiro atoms. The molecule has 0 fully saturated rings. The van der Waals surface area contributed by atoms with E-state index in [1.807, 2.05) is 0 Å². The lowest BCUT2D eigenvalue weighted by Gasteiger charge is -2.22. The van der Waals surface area contributed by atoms with Crippen molar-refractivity contribution >= 4 is 5.78 Å². The van der Waals surface area contributed by atoms with E-state index in [9.17, 15) is 23.1 Å². The topological polar surface area (TPSA) is 55.8 Å². The summed E-state index contributed by atoms with van der Waals surface area (Å²) in [5.74, 6) is -0.762. The number of ether oxygens (including phenoxy) is 2. The van der Waals surface area contributed by atoms with Gasteiger partial charge in [-0.2, -0.15) is 13.2 Å². The Labute approximate surface area is 120 Å². The number of halogens is 3. The zero-order chi connectivity index (χ0) is 16.2. The molecule has 0 aliphatic heterocycles. The molecular weight excluding hydrogens is 289 g/mol. The van der Waals surface area contributed by atoms with Crippen molar-refractivity contribution in [1.82, 2.24) is 0 Å². The van der Waals surface area contributed by atoms with Gasteiger partial charge in [-0.15, -0.1) is 0 Å². The highest BCUT2D eigenvalue weighted by atomic mass is 19.4. The summed E-state index contributed by atoms with van der Waals surface area (Å²) in [5.41, 5.74) is -0.365. The molecule has 0 bridgehead atoms. The Kier molecular flexibility index (Phi) is 5.60. The Hall–Kier alpha value is -1.76. The van der Waals surface area contributed by atoms with Crippen LogP contribution in [0.15, 0.2) is 12.1 Å². The molecule has 1 N–H and O–H groups in total. The maximum atomic E-state index is 12.8. The first kappa shape index (κ1) is 17.3. The largest absolute Gasteiger partial charge is 0.493 e. The van der Waals surface area contributed by atoms with E-state index in [1.54, 1.807) is 13.8 Å². The number of hydrogen-bond donors (Lipinski definition) is 1. The standard InChI is InChI=1S/C14H17F3O4/c1-4-20-10-6-9(8(3)18)7-11(21-5-2)12(10)13(19)14(15,16)17/h6-7,13,19H,4-5H2,1-3H3. The van der Waals surface area contributed by atoms with Crippen LogP contribution in [0.1, 0.15) is 42.8 Å². The average Bonchev–Trinajstić information content (AvgIpc) is 2.37. The van der Waals surface area contributed by atoms with Crippen LogP contribution in [0.3, 0.4) is 0 Å². The van der Waals surface area contributed by atoms with Crippen molar-refractivity contribution in [2.24, 2.45) is 0 Å². The van der Waals surface area contributed by atoms with Gasteiger partial charge in [-0.25, -0.2) is 0 Å². The normalized spacial score (nSPS) is 12.9. The van der Waals surface area contributed by atoms with E-state index < -0.39 is 17.8 Å². The first-order valence-electron chi connectivity index (χ1n) is 6.41. The first-order chi connectivity index (χ1) is 9.72. The molecule has 0 aliphatic carbocycles. The van der Waals surface area contributed by atoms with Crippen molar-refractivity contribution in [3.05, 3.63) is 23.3 Å². The van der Waals surface area contributed by atoms with Gasteiger partial charge in [0, 0.05) is 5.56 Å². The van der Waals surface area contributed by atoms with Crippen LogP contribution in [0.4, 0.5) is 13.2 Å². The maximum absolute atomic E-state index is 12.8. The van der Waals surface area contributed by atoms with Crippen LogP contribution in [0.25, 0.3) is 0 Å². The maximum Gasteiger partial charge on any atom is 0.418 e. The minimum atomic E-state index is -4.87. The zero-order valence-corrected chi connectivity index (χ0v) is 12.0. The Morgan fingerprint density at radius 3 is 1.90 bits per heavy atom. The molecule has 0 radical (unpaired) electrons. The van der Waals surface area contributed by atoms with Gasteiger partial charge >= 0.3 is 6.18 Å². The van der Waals surface area contributed by atoms with E-state index >= 15 is 0 Å². The van der Waals surface area contributed by atoms with Crippen molar-refractivity contribution in [3.63, 3.8) is 0 Å². The lowest BCUT2D eigenvalue weighted by molar-refractivity contribution is -0.207. The minimum Gasteiger partial charge on any atom is -0.493 e. The number of hydrogen-bond acceptors (Lipinski definition) is 4. The molecule has 1 unspecified atom stereocenters. The number of aliphatic hydroxyl groups excluding tert-OH is 1. The Balaban J connectivity index is 3.52. The van der Waals surface area contributed by atoms with Crippen molar-refractivity contribution < 1.29 is 32.5 Å². The second-order valence-corrected chi connectivity index (χ2v) is 4.25. The molecule has 7 heteroatoms. The number of carbonyl (C=O) groups is 1. The smallest absolute Gasteiger partial charge is 0.418 e. The summed E-state index contributed by atoms with van der Waals surface area (Å²) < 4.78 is 48.7. The highest BCUT2D eigenvalue weighted by Gasteiger charge is 2.43. The molecule has 1 aromatic carbocycles. The van der Waals surface area contributed by atoms with E-state index in [0.29, 0.717) is 0 Å². The molecule has 0 saturated carbocycles. The molecule has 1 atom stereocenters. The Morgan fingerprint density at radius 1 is 1.19 bits per heavy atom. The summed E-state index contributed by atoms with van der Waals surface area (Å²) >= 11 is 0. The number of benzene rings is 1. The van der Waals surface area contributed by atoms with Crippen LogP contribution in [0.5, 0.6) is 11.5 Å². The van der Waals surface area contributed by atoms with E-state index in [2.05, 4.69) is 0 Å². The molecule has 0 heterocycles. The van der Waals surface area contributed by atoms with Gasteiger partial charge in [0.1, 0.15) is 11.5 Å². The molecule has 4 nitrogen and oxygen atoms in total. The third-order valence-corrected chi connectivity index (χ3v) is 2.69. The summed E-state index contributed by atoms with van der Waals surface area (Å²) in [5, 5.41) is 9.53. The van der Waals surface area contributed by atoms with Crippen LogP contribution in [0.2, 0.25) is 0 Å². The molecule has 1 aromatic rings. The van der Waals surface area contributed by atoms with Crippen molar-refractivity contribution in [2.45, 2.75) is 33.1 Å². The SMILES string of the molecule is CCOc1cc(C(C)=O)cc(OCC)c1C(O)C(F)(F)F. The van der Waals surface area contributed by atoms with Gasteiger partial charge in [0.2, 0.25) is 0 Å². The van der Waals surface area contributed by atoms with Crippen LogP contribution in [0, 0.1) is 0 Å². The quantitative estimate of drug-likeness (QED) is 0.819. The molecule has 0 aliphatic rings. The highest BCUT2D eigenvalue weighted by Crippen LogP contribution is 2.43. The van der Waals surface area contributed by atoms with Crippen molar-refractivity contribution in [2.75, 3.05) is 13.2 Å². The van der Waals surface area contributed by atoms with E-state index in [1.165, 1.54) is 19.1 Å². The number of Topliss-reactive ketones (excluding diaryl/α,β-unsaturated/α-hetero) is 1. The van der Waals surface area contributed by atoms with E-state index in [4.69, 9.17) is 9.47 Å². The van der Waals surface area contributed by atoms with Crippen LogP contribution >= 0.6 is 0 Å². The fourth-order valence-electron chi connectivity index (χ4n) is 1.79. The van der Waals surface area contributed by atoms with Crippen LogP contribution in [-0.4, -0.2) is 30.3 Å². The first-order valence-corrected chi connectivity index (χ1v) is 6.41. The zero-order valence-electron chi connectivity index (χ0n) is 12.0. The number of carbonyl (C=O) groups excluding carboxylic acids is 1. The summed E-state index contributed by atoms with van der Waals surface area (Å²) in [4.78, 5) is 11.4. The predicted molar refractivity (Wildman–Crippen MR) is 69.8 cm³/mol. The summed E-state index contributed by atoms with van der Waals surface area (Å²) in [6.07, 6.45) is -7.61. The van der Waals surface area contributed by atoms with Gasteiger partial charge in [-0.3, -0.25) is 4.79 Å². The van der Waals surface area contributed by atoms with Gasteiger partial charge in [0.05, 0.1) is 18.8 Å². The van der Waals surface area contributed by atoms with Gasteiger partial charge in [0.15, 0.2) is 11.9 Å². The summed E-state index contributed by atoms with van der Waals surface area (Å²) in [6.45, 7) is 4.63. The number of ketones is 1. The molecule has 0 saturated heterocycles.